The van der Waals surface area contributed by atoms with Crippen LogP contribution >= 0.6 is 11.3 Å². The highest BCUT2D eigenvalue weighted by molar-refractivity contribution is 7.15. The molecule has 0 aliphatic rings. The molecule has 0 radical (unpaired) electrons. The Bertz CT molecular complexity index is 546. The fraction of sp³-hybridized carbons (Fsp3) is 0.526. The first-order valence-corrected chi connectivity index (χ1v) is 9.29. The van der Waals surface area contributed by atoms with E-state index in [0.29, 0.717) is 5.92 Å². The van der Waals surface area contributed by atoms with Gasteiger partial charge in [-0.05, 0) is 30.7 Å². The molecule has 2 nitrogen and oxygen atoms in total. The lowest BCUT2D eigenvalue weighted by molar-refractivity contribution is 0.710. The van der Waals surface area contributed by atoms with Crippen molar-refractivity contribution in [3.63, 3.8) is 0 Å². The van der Waals surface area contributed by atoms with E-state index in [4.69, 9.17) is 4.98 Å². The van der Waals surface area contributed by atoms with Crippen LogP contribution in [0.5, 0.6) is 0 Å². The van der Waals surface area contributed by atoms with Crippen molar-refractivity contribution in [3.8, 4) is 0 Å². The Kier molecular flexibility index (Phi) is 6.91. The molecule has 0 saturated carbocycles. The molecule has 1 aromatic heterocycles. The summed E-state index contributed by atoms with van der Waals surface area (Å²) < 4.78 is 0. The summed E-state index contributed by atoms with van der Waals surface area (Å²) in [6, 6.07) is 10.6. The lowest BCUT2D eigenvalue weighted by Crippen LogP contribution is -2.04. The van der Waals surface area contributed by atoms with Crippen molar-refractivity contribution in [2.45, 2.75) is 58.8 Å². The molecule has 0 atom stereocenters. The molecule has 1 N–H and O–H groups in total. The van der Waals surface area contributed by atoms with Gasteiger partial charge in [0.25, 0.3) is 0 Å². The molecule has 120 valence electrons. The topological polar surface area (TPSA) is 24.9 Å². The minimum absolute atomic E-state index is 0.512. The first-order chi connectivity index (χ1) is 10.7. The third-order valence-electron chi connectivity index (χ3n) is 3.81. The smallest absolute Gasteiger partial charge is 0.183 e. The van der Waals surface area contributed by atoms with Crippen LogP contribution in [0.15, 0.2) is 30.3 Å². The first kappa shape index (κ1) is 17.0. The van der Waals surface area contributed by atoms with Gasteiger partial charge < -0.3 is 5.32 Å². The van der Waals surface area contributed by atoms with Crippen molar-refractivity contribution >= 4 is 16.5 Å². The van der Waals surface area contributed by atoms with Gasteiger partial charge in [0, 0.05) is 11.4 Å². The Morgan fingerprint density at radius 1 is 1.09 bits per heavy atom. The van der Waals surface area contributed by atoms with Crippen molar-refractivity contribution in [3.05, 3.63) is 46.5 Å². The van der Waals surface area contributed by atoms with E-state index in [1.165, 1.54) is 41.8 Å². The van der Waals surface area contributed by atoms with Crippen LogP contribution in [-0.2, 0) is 12.8 Å². The highest BCUT2D eigenvalue weighted by atomic mass is 32.1. The number of anilines is 1. The summed E-state index contributed by atoms with van der Waals surface area (Å²) in [5.41, 5.74) is 2.67. The average molecular weight is 317 g/mol. The summed E-state index contributed by atoms with van der Waals surface area (Å²) in [5, 5.41) is 4.60. The second-order valence-corrected chi connectivity index (χ2v) is 7.19. The van der Waals surface area contributed by atoms with Crippen LogP contribution in [0.4, 0.5) is 5.13 Å². The fourth-order valence-corrected chi connectivity index (χ4v) is 3.75. The van der Waals surface area contributed by atoms with Gasteiger partial charge in [-0.1, -0.05) is 63.9 Å². The molecule has 0 bridgehead atoms. The number of nitrogens with one attached hydrogen (secondary N) is 1. The van der Waals surface area contributed by atoms with Crippen molar-refractivity contribution in [2.24, 2.45) is 0 Å². The predicted molar refractivity (Wildman–Crippen MR) is 98.1 cm³/mol. The zero-order chi connectivity index (χ0) is 15.8. The van der Waals surface area contributed by atoms with Crippen LogP contribution in [-0.4, -0.2) is 11.5 Å². The molecule has 2 aromatic rings. The van der Waals surface area contributed by atoms with Crippen molar-refractivity contribution in [2.75, 3.05) is 11.9 Å². The fourth-order valence-electron chi connectivity index (χ4n) is 2.56. The number of aromatic nitrogens is 1. The average Bonchev–Trinajstić information content (AvgIpc) is 2.92. The maximum atomic E-state index is 4.83. The molecule has 0 saturated heterocycles. The Hall–Kier alpha value is -1.35. The Morgan fingerprint density at radius 3 is 2.55 bits per heavy atom. The van der Waals surface area contributed by atoms with Gasteiger partial charge in [0.1, 0.15) is 0 Å². The lowest BCUT2D eigenvalue weighted by atomic mass is 10.1. The van der Waals surface area contributed by atoms with Crippen LogP contribution in [0.25, 0.3) is 0 Å². The van der Waals surface area contributed by atoms with Gasteiger partial charge >= 0.3 is 0 Å². The summed E-state index contributed by atoms with van der Waals surface area (Å²) >= 11 is 1.85. The number of benzene rings is 1. The maximum absolute atomic E-state index is 4.83. The quantitative estimate of drug-likeness (QED) is 0.604. The standard InChI is InChI=1S/C19H28N2S/c1-4-5-7-12-17-18(15(2)3)21-19(22-17)20-14-13-16-10-8-6-9-11-16/h6,8-11,15H,4-5,7,12-14H2,1-3H3,(H,20,21). The number of hydrogen-bond acceptors (Lipinski definition) is 3. The number of rotatable bonds is 9. The van der Waals surface area contributed by atoms with E-state index in [1.807, 2.05) is 11.3 Å². The molecule has 0 aliphatic carbocycles. The molecule has 0 spiro atoms. The third-order valence-corrected chi connectivity index (χ3v) is 4.90. The van der Waals surface area contributed by atoms with E-state index in [9.17, 15) is 0 Å². The lowest BCUT2D eigenvalue weighted by Gasteiger charge is -2.04. The summed E-state index contributed by atoms with van der Waals surface area (Å²) in [4.78, 5) is 6.30. The highest BCUT2D eigenvalue weighted by Crippen LogP contribution is 2.29. The molecule has 1 aromatic carbocycles. The van der Waals surface area contributed by atoms with E-state index in [2.05, 4.69) is 56.4 Å². The highest BCUT2D eigenvalue weighted by Gasteiger charge is 2.13. The van der Waals surface area contributed by atoms with Crippen LogP contribution in [0.3, 0.4) is 0 Å². The molecule has 2 rings (SSSR count). The van der Waals surface area contributed by atoms with Gasteiger partial charge in [-0.2, -0.15) is 0 Å². The molecule has 0 fully saturated rings. The zero-order valence-corrected chi connectivity index (χ0v) is 14.9. The molecular formula is C19H28N2S. The van der Waals surface area contributed by atoms with Gasteiger partial charge in [-0.25, -0.2) is 4.98 Å². The summed E-state index contributed by atoms with van der Waals surface area (Å²) in [7, 11) is 0. The van der Waals surface area contributed by atoms with E-state index in [0.717, 1.165) is 18.1 Å². The second-order valence-electron chi connectivity index (χ2n) is 6.10. The van der Waals surface area contributed by atoms with Crippen LogP contribution in [0, 0.1) is 0 Å². The monoisotopic (exact) mass is 316 g/mol. The number of aryl methyl sites for hydroxylation is 1. The Labute approximate surface area is 139 Å². The van der Waals surface area contributed by atoms with E-state index >= 15 is 0 Å². The third kappa shape index (κ3) is 5.13. The minimum atomic E-state index is 0.512. The minimum Gasteiger partial charge on any atom is -0.361 e. The van der Waals surface area contributed by atoms with Gasteiger partial charge in [0.15, 0.2) is 5.13 Å². The molecule has 0 amide bonds. The SMILES string of the molecule is CCCCCc1sc(NCCc2ccccc2)nc1C(C)C. The van der Waals surface area contributed by atoms with E-state index < -0.39 is 0 Å². The van der Waals surface area contributed by atoms with Crippen molar-refractivity contribution in [1.82, 2.24) is 4.98 Å². The van der Waals surface area contributed by atoms with Gasteiger partial charge in [0.2, 0.25) is 0 Å². The number of thiazole rings is 1. The molecular weight excluding hydrogens is 288 g/mol. The first-order valence-electron chi connectivity index (χ1n) is 8.48. The number of unbranched alkanes of at least 4 members (excludes halogenated alkanes) is 2. The summed E-state index contributed by atoms with van der Waals surface area (Å²) in [6.07, 6.45) is 6.09. The largest absolute Gasteiger partial charge is 0.361 e. The molecule has 1 heterocycles. The molecule has 3 heteroatoms. The maximum Gasteiger partial charge on any atom is 0.183 e. The van der Waals surface area contributed by atoms with E-state index in [1.54, 1.807) is 0 Å². The van der Waals surface area contributed by atoms with Crippen molar-refractivity contribution < 1.29 is 0 Å². The van der Waals surface area contributed by atoms with Crippen LogP contribution in [0.1, 0.15) is 62.1 Å². The van der Waals surface area contributed by atoms with Gasteiger partial charge in [-0.15, -0.1) is 11.3 Å². The van der Waals surface area contributed by atoms with Gasteiger partial charge in [0.05, 0.1) is 5.69 Å². The Balaban J connectivity index is 1.91. The second kappa shape index (κ2) is 8.94. The Morgan fingerprint density at radius 2 is 1.86 bits per heavy atom. The van der Waals surface area contributed by atoms with Crippen LogP contribution in [0.2, 0.25) is 0 Å². The number of nitrogens with zero attached hydrogens (tertiary/aromatic N) is 1. The number of hydrogen-bond donors (Lipinski definition) is 1. The zero-order valence-electron chi connectivity index (χ0n) is 14.1. The normalized spacial score (nSPS) is 11.1. The predicted octanol–water partition coefficient (Wildman–Crippen LogP) is 5.65. The molecule has 22 heavy (non-hydrogen) atoms. The summed E-state index contributed by atoms with van der Waals surface area (Å²) in [6.45, 7) is 7.69. The molecule has 0 unspecified atom stereocenters. The van der Waals surface area contributed by atoms with Gasteiger partial charge in [-0.3, -0.25) is 0 Å². The van der Waals surface area contributed by atoms with Crippen molar-refractivity contribution in [1.29, 1.82) is 0 Å². The summed E-state index contributed by atoms with van der Waals surface area (Å²) in [5.74, 6) is 0.512. The molecule has 0 aliphatic heterocycles. The van der Waals surface area contributed by atoms with E-state index in [-0.39, 0.29) is 0 Å². The van der Waals surface area contributed by atoms with Crippen LogP contribution < -0.4 is 5.32 Å².